The zero-order valence-corrected chi connectivity index (χ0v) is 19.5. The average molecular weight is 463 g/mol. The first-order valence-electron chi connectivity index (χ1n) is 10.9. The predicted octanol–water partition coefficient (Wildman–Crippen LogP) is 6.50. The van der Waals surface area contributed by atoms with Gasteiger partial charge in [-0.25, -0.2) is 14.8 Å². The van der Waals surface area contributed by atoms with Crippen LogP contribution in [-0.4, -0.2) is 26.2 Å². The Morgan fingerprint density at radius 1 is 1.15 bits per heavy atom. The van der Waals surface area contributed by atoms with E-state index in [1.54, 1.807) is 39.8 Å². The number of nitrogens with one attached hydrogen (secondary N) is 1. The number of aryl methyl sites for hydroxylation is 2. The molecule has 0 atom stereocenters. The number of carbonyl (C=O) groups is 1. The molecular weight excluding hydrogens is 433 g/mol. The Kier molecular flexibility index (Phi) is 7.00. The molecular formula is C24H29F3N4O2. The van der Waals surface area contributed by atoms with Crippen molar-refractivity contribution in [2.75, 3.05) is 5.32 Å². The van der Waals surface area contributed by atoms with Gasteiger partial charge in [-0.05, 0) is 57.9 Å². The minimum atomic E-state index is -4.41. The van der Waals surface area contributed by atoms with Gasteiger partial charge in [0, 0.05) is 6.42 Å². The largest absolute Gasteiger partial charge is 0.444 e. The first-order chi connectivity index (χ1) is 15.4. The van der Waals surface area contributed by atoms with E-state index >= 15 is 0 Å². The Balaban J connectivity index is 2.00. The summed E-state index contributed by atoms with van der Waals surface area (Å²) in [6.45, 7) is 9.35. The number of rotatable bonds is 6. The standard InChI is InChI=1S/C24H29F3N4O2/c1-6-7-11-20-29-19-13-18(30-22(32)33-23(3,4)5)15(2)28-21(19)31(20)14-16-9-8-10-17(12-16)24(25,26)27/h8-10,12-13H,6-7,11,14H2,1-5H3,(H,30,32). The number of carbonyl (C=O) groups excluding carboxylic acids is 1. The van der Waals surface area contributed by atoms with E-state index in [4.69, 9.17) is 4.74 Å². The van der Waals surface area contributed by atoms with Gasteiger partial charge in [0.1, 0.15) is 16.9 Å². The molecule has 0 radical (unpaired) electrons. The number of benzene rings is 1. The van der Waals surface area contributed by atoms with Crippen molar-refractivity contribution >= 4 is 22.9 Å². The molecule has 0 aliphatic rings. The van der Waals surface area contributed by atoms with Gasteiger partial charge in [0.2, 0.25) is 0 Å². The first kappa shape index (κ1) is 24.5. The molecule has 0 spiro atoms. The SMILES string of the molecule is CCCCc1nc2cc(NC(=O)OC(C)(C)C)c(C)nc2n1Cc1cccc(C(F)(F)F)c1. The number of amides is 1. The first-order valence-corrected chi connectivity index (χ1v) is 10.9. The number of hydrogen-bond acceptors (Lipinski definition) is 4. The molecule has 0 unspecified atom stereocenters. The fourth-order valence-electron chi connectivity index (χ4n) is 3.45. The van der Waals surface area contributed by atoms with Gasteiger partial charge in [0.05, 0.1) is 23.5 Å². The normalized spacial score (nSPS) is 12.2. The van der Waals surface area contributed by atoms with E-state index in [0.29, 0.717) is 34.5 Å². The van der Waals surface area contributed by atoms with Gasteiger partial charge in [0.25, 0.3) is 0 Å². The van der Waals surface area contributed by atoms with Crippen LogP contribution in [0, 0.1) is 6.92 Å². The van der Waals surface area contributed by atoms with Gasteiger partial charge in [-0.3, -0.25) is 5.32 Å². The third-order valence-corrected chi connectivity index (χ3v) is 4.97. The van der Waals surface area contributed by atoms with Gasteiger partial charge in [0.15, 0.2) is 5.65 Å². The van der Waals surface area contributed by atoms with Gasteiger partial charge >= 0.3 is 12.3 Å². The molecule has 0 aliphatic heterocycles. The van der Waals surface area contributed by atoms with E-state index in [9.17, 15) is 18.0 Å². The predicted molar refractivity (Wildman–Crippen MR) is 121 cm³/mol. The molecule has 3 aromatic rings. The number of unbranched alkanes of at least 4 members (excludes halogenated alkanes) is 1. The van der Waals surface area contributed by atoms with Crippen LogP contribution in [0.1, 0.15) is 63.2 Å². The summed E-state index contributed by atoms with van der Waals surface area (Å²) in [6.07, 6.45) is -2.51. The highest BCUT2D eigenvalue weighted by Crippen LogP contribution is 2.30. The van der Waals surface area contributed by atoms with E-state index in [1.165, 1.54) is 6.07 Å². The fourth-order valence-corrected chi connectivity index (χ4v) is 3.45. The Bertz CT molecular complexity index is 1150. The summed E-state index contributed by atoms with van der Waals surface area (Å²) >= 11 is 0. The zero-order valence-electron chi connectivity index (χ0n) is 19.5. The molecule has 0 fully saturated rings. The number of nitrogens with zero attached hydrogens (tertiary/aromatic N) is 3. The smallest absolute Gasteiger partial charge is 0.416 e. The third-order valence-electron chi connectivity index (χ3n) is 4.97. The van der Waals surface area contributed by atoms with E-state index < -0.39 is 23.4 Å². The number of ether oxygens (including phenoxy) is 1. The van der Waals surface area contributed by atoms with E-state index in [2.05, 4.69) is 22.2 Å². The highest BCUT2D eigenvalue weighted by Gasteiger charge is 2.30. The number of anilines is 1. The minimum absolute atomic E-state index is 0.213. The number of pyridine rings is 1. The van der Waals surface area contributed by atoms with E-state index in [1.807, 2.05) is 4.57 Å². The third kappa shape index (κ3) is 6.24. The highest BCUT2D eigenvalue weighted by molar-refractivity contribution is 5.88. The molecule has 0 saturated heterocycles. The molecule has 33 heavy (non-hydrogen) atoms. The second kappa shape index (κ2) is 9.41. The molecule has 2 aromatic heterocycles. The number of halogens is 3. The van der Waals surface area contributed by atoms with Crippen LogP contribution in [0.5, 0.6) is 0 Å². The van der Waals surface area contributed by atoms with Crippen LogP contribution < -0.4 is 5.32 Å². The molecule has 3 rings (SSSR count). The Morgan fingerprint density at radius 3 is 2.52 bits per heavy atom. The van der Waals surface area contributed by atoms with Gasteiger partial charge < -0.3 is 9.30 Å². The maximum Gasteiger partial charge on any atom is 0.416 e. The summed E-state index contributed by atoms with van der Waals surface area (Å²) in [5, 5.41) is 2.71. The van der Waals surface area contributed by atoms with Crippen LogP contribution in [0.25, 0.3) is 11.2 Å². The molecule has 1 amide bonds. The van der Waals surface area contributed by atoms with Crippen molar-refractivity contribution in [3.05, 3.63) is 53.0 Å². The quantitative estimate of drug-likeness (QED) is 0.454. The number of alkyl halides is 3. The van der Waals surface area contributed by atoms with Crippen molar-refractivity contribution in [3.63, 3.8) is 0 Å². The molecule has 0 aliphatic carbocycles. The maximum absolute atomic E-state index is 13.2. The van der Waals surface area contributed by atoms with Crippen molar-refractivity contribution in [2.45, 2.75) is 72.2 Å². The van der Waals surface area contributed by atoms with Crippen LogP contribution in [0.4, 0.5) is 23.7 Å². The van der Waals surface area contributed by atoms with Crippen molar-refractivity contribution in [1.82, 2.24) is 14.5 Å². The summed E-state index contributed by atoms with van der Waals surface area (Å²) in [7, 11) is 0. The summed E-state index contributed by atoms with van der Waals surface area (Å²) in [6, 6.07) is 7.01. The molecule has 0 saturated carbocycles. The molecule has 9 heteroatoms. The number of fused-ring (bicyclic) bond motifs is 1. The van der Waals surface area contributed by atoms with Crippen molar-refractivity contribution in [2.24, 2.45) is 0 Å². The Hall–Kier alpha value is -3.10. The molecule has 1 N–H and O–H groups in total. The van der Waals surface area contributed by atoms with E-state index in [-0.39, 0.29) is 6.54 Å². The lowest BCUT2D eigenvalue weighted by molar-refractivity contribution is -0.137. The highest BCUT2D eigenvalue weighted by atomic mass is 19.4. The summed E-state index contributed by atoms with van der Waals surface area (Å²) in [4.78, 5) is 21.5. The lowest BCUT2D eigenvalue weighted by atomic mass is 10.1. The fraction of sp³-hybridized carbons (Fsp3) is 0.458. The van der Waals surface area contributed by atoms with Gasteiger partial charge in [-0.2, -0.15) is 13.2 Å². The summed E-state index contributed by atoms with van der Waals surface area (Å²) in [5.41, 5.74) is 1.33. The molecule has 2 heterocycles. The molecule has 0 bridgehead atoms. The van der Waals surface area contributed by atoms with Crippen molar-refractivity contribution in [3.8, 4) is 0 Å². The minimum Gasteiger partial charge on any atom is -0.444 e. The van der Waals surface area contributed by atoms with Crippen LogP contribution >= 0.6 is 0 Å². The van der Waals surface area contributed by atoms with Gasteiger partial charge in [-0.1, -0.05) is 25.5 Å². The average Bonchev–Trinajstić information content (AvgIpc) is 3.01. The van der Waals surface area contributed by atoms with Crippen LogP contribution in [0.15, 0.2) is 30.3 Å². The Labute approximate surface area is 191 Å². The van der Waals surface area contributed by atoms with Crippen molar-refractivity contribution < 1.29 is 22.7 Å². The van der Waals surface area contributed by atoms with Crippen molar-refractivity contribution in [1.29, 1.82) is 0 Å². The summed E-state index contributed by atoms with van der Waals surface area (Å²) in [5.74, 6) is 0.741. The summed E-state index contributed by atoms with van der Waals surface area (Å²) < 4.78 is 46.7. The molecule has 6 nitrogen and oxygen atoms in total. The molecule has 1 aromatic carbocycles. The monoisotopic (exact) mass is 462 g/mol. The van der Waals surface area contributed by atoms with E-state index in [0.717, 1.165) is 30.8 Å². The van der Waals surface area contributed by atoms with Crippen LogP contribution in [0.2, 0.25) is 0 Å². The Morgan fingerprint density at radius 2 is 1.88 bits per heavy atom. The second-order valence-corrected chi connectivity index (χ2v) is 9.01. The maximum atomic E-state index is 13.2. The number of imidazole rings is 1. The lowest BCUT2D eigenvalue weighted by Crippen LogP contribution is -2.27. The van der Waals surface area contributed by atoms with Crippen LogP contribution in [0.3, 0.4) is 0 Å². The topological polar surface area (TPSA) is 69.0 Å². The zero-order chi connectivity index (χ0) is 24.4. The second-order valence-electron chi connectivity index (χ2n) is 9.01. The number of hydrogen-bond donors (Lipinski definition) is 1. The molecule has 178 valence electrons. The lowest BCUT2D eigenvalue weighted by Gasteiger charge is -2.20. The number of aromatic nitrogens is 3. The van der Waals surface area contributed by atoms with Gasteiger partial charge in [-0.15, -0.1) is 0 Å². The van der Waals surface area contributed by atoms with Crippen LogP contribution in [-0.2, 0) is 23.9 Å².